The number of hydrogen-bond donors (Lipinski definition) is 2. The maximum Gasteiger partial charge on any atom is 0.160 e. The van der Waals surface area contributed by atoms with Gasteiger partial charge in [0.05, 0.1) is 0 Å². The molecule has 0 bridgehead atoms. The molecule has 3 heteroatoms. The molecule has 0 saturated heterocycles. The van der Waals surface area contributed by atoms with E-state index in [1.807, 2.05) is 6.92 Å². The molecule has 0 aromatic heterocycles. The quantitative estimate of drug-likeness (QED) is 0.486. The lowest BCUT2D eigenvalue weighted by atomic mass is 10.0. The van der Waals surface area contributed by atoms with E-state index in [4.69, 9.17) is 11.5 Å². The number of anilines is 2. The van der Waals surface area contributed by atoms with Crippen molar-refractivity contribution in [3.8, 4) is 0 Å². The van der Waals surface area contributed by atoms with Crippen molar-refractivity contribution < 1.29 is 4.79 Å². The average Bonchev–Trinajstić information content (AvgIpc) is 1.96. The molecule has 1 aromatic rings. The molecular formula is C9H12N2O. The molecule has 0 atom stereocenters. The Morgan fingerprint density at radius 2 is 1.92 bits per heavy atom. The van der Waals surface area contributed by atoms with Crippen LogP contribution in [0, 0.1) is 6.92 Å². The molecule has 0 unspecified atom stereocenters. The molecule has 3 nitrogen and oxygen atoms in total. The normalized spacial score (nSPS) is 9.83. The number of rotatable bonds is 1. The molecule has 0 aliphatic rings. The number of benzene rings is 1. The van der Waals surface area contributed by atoms with Gasteiger partial charge in [-0.15, -0.1) is 0 Å². The Labute approximate surface area is 71.4 Å². The van der Waals surface area contributed by atoms with Crippen molar-refractivity contribution in [1.29, 1.82) is 0 Å². The van der Waals surface area contributed by atoms with Crippen LogP contribution in [0.2, 0.25) is 0 Å². The molecule has 0 spiro atoms. The summed E-state index contributed by atoms with van der Waals surface area (Å²) in [6, 6.07) is 3.30. The minimum Gasteiger partial charge on any atom is -0.399 e. The maximum absolute atomic E-state index is 11.1. The highest BCUT2D eigenvalue weighted by Crippen LogP contribution is 2.20. The Morgan fingerprint density at radius 1 is 1.33 bits per heavy atom. The molecule has 0 saturated carbocycles. The number of hydrogen-bond acceptors (Lipinski definition) is 3. The van der Waals surface area contributed by atoms with Crippen LogP contribution in [0.3, 0.4) is 0 Å². The average molecular weight is 164 g/mol. The van der Waals surface area contributed by atoms with Crippen LogP contribution < -0.4 is 11.5 Å². The summed E-state index contributed by atoms with van der Waals surface area (Å²) in [6.45, 7) is 3.31. The van der Waals surface area contributed by atoms with Crippen LogP contribution >= 0.6 is 0 Å². The van der Waals surface area contributed by atoms with E-state index < -0.39 is 0 Å². The molecule has 0 heterocycles. The predicted molar refractivity (Wildman–Crippen MR) is 50.0 cm³/mol. The third-order valence-electron chi connectivity index (χ3n) is 1.85. The van der Waals surface area contributed by atoms with Crippen molar-refractivity contribution in [2.75, 3.05) is 11.5 Å². The lowest BCUT2D eigenvalue weighted by molar-refractivity contribution is 0.101. The van der Waals surface area contributed by atoms with E-state index in [2.05, 4.69) is 0 Å². The molecule has 4 N–H and O–H groups in total. The van der Waals surface area contributed by atoms with Gasteiger partial charge in [-0.05, 0) is 31.5 Å². The minimum atomic E-state index is -0.00787. The Hall–Kier alpha value is -1.51. The third-order valence-corrected chi connectivity index (χ3v) is 1.85. The highest BCUT2D eigenvalue weighted by atomic mass is 16.1. The third kappa shape index (κ3) is 1.39. The summed E-state index contributed by atoms with van der Waals surface area (Å²) >= 11 is 0. The van der Waals surface area contributed by atoms with Gasteiger partial charge in [-0.3, -0.25) is 4.79 Å². The topological polar surface area (TPSA) is 69.1 Å². The van der Waals surface area contributed by atoms with Crippen LogP contribution in [-0.4, -0.2) is 5.78 Å². The minimum absolute atomic E-state index is 0.00787. The first kappa shape index (κ1) is 8.59. The van der Waals surface area contributed by atoms with E-state index in [-0.39, 0.29) is 5.78 Å². The Balaban J connectivity index is 3.37. The molecule has 0 radical (unpaired) electrons. The summed E-state index contributed by atoms with van der Waals surface area (Å²) in [7, 11) is 0. The van der Waals surface area contributed by atoms with Crippen LogP contribution in [0.15, 0.2) is 12.1 Å². The Bertz CT molecular complexity index is 332. The van der Waals surface area contributed by atoms with Gasteiger partial charge >= 0.3 is 0 Å². The first-order valence-corrected chi connectivity index (χ1v) is 3.69. The largest absolute Gasteiger partial charge is 0.399 e. The number of Topliss-reactive ketones (excluding diaryl/α,β-unsaturated/α-hetero) is 1. The monoisotopic (exact) mass is 164 g/mol. The van der Waals surface area contributed by atoms with Gasteiger partial charge in [0.1, 0.15) is 0 Å². The summed E-state index contributed by atoms with van der Waals surface area (Å²) in [6.07, 6.45) is 0. The molecule has 1 rings (SSSR count). The van der Waals surface area contributed by atoms with Crippen molar-refractivity contribution in [2.45, 2.75) is 13.8 Å². The zero-order valence-corrected chi connectivity index (χ0v) is 7.22. The second kappa shape index (κ2) is 2.85. The van der Waals surface area contributed by atoms with Gasteiger partial charge in [0.25, 0.3) is 0 Å². The second-order valence-electron chi connectivity index (χ2n) is 2.84. The van der Waals surface area contributed by atoms with Crippen LogP contribution in [0.4, 0.5) is 11.4 Å². The van der Waals surface area contributed by atoms with E-state index in [9.17, 15) is 4.79 Å². The molecule has 0 aliphatic heterocycles. The van der Waals surface area contributed by atoms with Crippen molar-refractivity contribution >= 4 is 17.2 Å². The number of nitrogen functional groups attached to an aromatic ring is 2. The van der Waals surface area contributed by atoms with Crippen LogP contribution in [0.1, 0.15) is 22.8 Å². The summed E-state index contributed by atoms with van der Waals surface area (Å²) in [5.74, 6) is -0.00787. The van der Waals surface area contributed by atoms with E-state index in [0.29, 0.717) is 16.9 Å². The predicted octanol–water partition coefficient (Wildman–Crippen LogP) is 1.36. The number of carbonyl (C=O) groups is 1. The SMILES string of the molecule is CC(=O)c1cc(N)cc(N)c1C. The fourth-order valence-corrected chi connectivity index (χ4v) is 1.13. The van der Waals surface area contributed by atoms with Gasteiger partial charge in [0.15, 0.2) is 5.78 Å². The molecule has 0 amide bonds. The molecule has 12 heavy (non-hydrogen) atoms. The van der Waals surface area contributed by atoms with Gasteiger partial charge in [-0.2, -0.15) is 0 Å². The smallest absolute Gasteiger partial charge is 0.160 e. The highest BCUT2D eigenvalue weighted by molar-refractivity contribution is 5.97. The van der Waals surface area contributed by atoms with E-state index in [1.165, 1.54) is 6.92 Å². The number of nitrogens with two attached hydrogens (primary N) is 2. The fourth-order valence-electron chi connectivity index (χ4n) is 1.13. The van der Waals surface area contributed by atoms with Gasteiger partial charge in [-0.25, -0.2) is 0 Å². The van der Waals surface area contributed by atoms with E-state index in [0.717, 1.165) is 5.56 Å². The summed E-state index contributed by atoms with van der Waals surface area (Å²) in [5, 5.41) is 0. The van der Waals surface area contributed by atoms with Crippen LogP contribution in [-0.2, 0) is 0 Å². The van der Waals surface area contributed by atoms with Crippen LogP contribution in [0.25, 0.3) is 0 Å². The molecule has 0 aliphatic carbocycles. The van der Waals surface area contributed by atoms with Crippen molar-refractivity contribution in [3.63, 3.8) is 0 Å². The van der Waals surface area contributed by atoms with Gasteiger partial charge in [0.2, 0.25) is 0 Å². The maximum atomic E-state index is 11.1. The lowest BCUT2D eigenvalue weighted by Gasteiger charge is -2.06. The van der Waals surface area contributed by atoms with Crippen molar-refractivity contribution in [2.24, 2.45) is 0 Å². The van der Waals surface area contributed by atoms with Crippen molar-refractivity contribution in [3.05, 3.63) is 23.3 Å². The first-order chi connectivity index (χ1) is 5.52. The summed E-state index contributed by atoms with van der Waals surface area (Å²) < 4.78 is 0. The van der Waals surface area contributed by atoms with E-state index >= 15 is 0 Å². The summed E-state index contributed by atoms with van der Waals surface area (Å²) in [5.41, 5.74) is 13.7. The Morgan fingerprint density at radius 3 is 2.42 bits per heavy atom. The molecular weight excluding hydrogens is 152 g/mol. The van der Waals surface area contributed by atoms with Crippen LogP contribution in [0.5, 0.6) is 0 Å². The zero-order chi connectivity index (χ0) is 9.30. The standard InChI is InChI=1S/C9H12N2O/c1-5-8(6(2)12)3-7(10)4-9(5)11/h3-4H,10-11H2,1-2H3. The molecule has 1 aromatic carbocycles. The van der Waals surface area contributed by atoms with Gasteiger partial charge < -0.3 is 11.5 Å². The molecule has 0 fully saturated rings. The Kier molecular flexibility index (Phi) is 2.04. The lowest BCUT2D eigenvalue weighted by Crippen LogP contribution is -2.02. The number of carbonyl (C=O) groups excluding carboxylic acids is 1. The van der Waals surface area contributed by atoms with Crippen molar-refractivity contribution in [1.82, 2.24) is 0 Å². The first-order valence-electron chi connectivity index (χ1n) is 3.69. The number of ketones is 1. The van der Waals surface area contributed by atoms with Gasteiger partial charge in [0, 0.05) is 16.9 Å². The van der Waals surface area contributed by atoms with E-state index in [1.54, 1.807) is 12.1 Å². The highest BCUT2D eigenvalue weighted by Gasteiger charge is 2.06. The summed E-state index contributed by atoms with van der Waals surface area (Å²) in [4.78, 5) is 11.1. The van der Waals surface area contributed by atoms with Gasteiger partial charge in [-0.1, -0.05) is 0 Å². The molecule has 64 valence electrons. The zero-order valence-electron chi connectivity index (χ0n) is 7.22. The second-order valence-corrected chi connectivity index (χ2v) is 2.84. The fraction of sp³-hybridized carbons (Fsp3) is 0.222.